The van der Waals surface area contributed by atoms with E-state index in [0.717, 1.165) is 0 Å². The van der Waals surface area contributed by atoms with Gasteiger partial charge in [-0.25, -0.2) is 0 Å². The van der Waals surface area contributed by atoms with Crippen LogP contribution in [0.2, 0.25) is 0 Å². The van der Waals surface area contributed by atoms with Gasteiger partial charge in [-0.1, -0.05) is 6.07 Å². The van der Waals surface area contributed by atoms with Crippen LogP contribution in [-0.4, -0.2) is 19.5 Å². The molecule has 0 bridgehead atoms. The van der Waals surface area contributed by atoms with Crippen LogP contribution in [0.5, 0.6) is 11.5 Å². The Kier molecular flexibility index (Phi) is 5.34. The minimum Gasteiger partial charge on any atom is -0.493 e. The number of hydrogen-bond donors (Lipinski definition) is 0. The molecule has 0 unspecified atom stereocenters. The van der Waals surface area contributed by atoms with E-state index < -0.39 is 0 Å². The van der Waals surface area contributed by atoms with Crippen LogP contribution in [-0.2, 0) is 0 Å². The Bertz CT molecular complexity index is 727. The van der Waals surface area contributed by atoms with Crippen LogP contribution in [0, 0.1) is 11.3 Å². The summed E-state index contributed by atoms with van der Waals surface area (Å²) in [4.78, 5) is 12.2. The Morgan fingerprint density at radius 1 is 1.36 bits per heavy atom. The number of nitrogens with zero attached hydrogens (tertiary/aromatic N) is 1. The number of carbonyl (C=O) groups is 1. The molecule has 5 heteroatoms. The number of nitriles is 1. The van der Waals surface area contributed by atoms with Crippen molar-refractivity contribution in [1.29, 1.82) is 5.26 Å². The fraction of sp³-hybridized carbons (Fsp3) is 0.176. The number of allylic oxidation sites excluding steroid dienone is 1. The third kappa shape index (κ3) is 3.54. The lowest BCUT2D eigenvalue weighted by atomic mass is 10.0. The number of carbonyl (C=O) groups excluding carboxylic acids is 1. The molecule has 0 saturated heterocycles. The van der Waals surface area contributed by atoms with E-state index in [1.165, 1.54) is 11.3 Å². The van der Waals surface area contributed by atoms with Crippen LogP contribution in [0.1, 0.15) is 22.8 Å². The summed E-state index contributed by atoms with van der Waals surface area (Å²) >= 11 is 1.42. The summed E-state index contributed by atoms with van der Waals surface area (Å²) in [6, 6.07) is 8.95. The van der Waals surface area contributed by atoms with Gasteiger partial charge in [-0.05, 0) is 42.1 Å². The first-order chi connectivity index (χ1) is 10.7. The lowest BCUT2D eigenvalue weighted by Gasteiger charge is -2.09. The second-order valence-electron chi connectivity index (χ2n) is 4.35. The van der Waals surface area contributed by atoms with E-state index in [2.05, 4.69) is 0 Å². The molecule has 4 nitrogen and oxygen atoms in total. The van der Waals surface area contributed by atoms with E-state index in [-0.39, 0.29) is 11.4 Å². The van der Waals surface area contributed by atoms with Gasteiger partial charge < -0.3 is 9.47 Å². The smallest absolute Gasteiger partial charge is 0.204 e. The van der Waals surface area contributed by atoms with Gasteiger partial charge in [0.2, 0.25) is 5.78 Å². The zero-order valence-corrected chi connectivity index (χ0v) is 13.1. The quantitative estimate of drug-likeness (QED) is 0.460. The maximum atomic E-state index is 12.2. The van der Waals surface area contributed by atoms with Gasteiger partial charge in [-0.15, -0.1) is 0 Å². The number of hydrogen-bond acceptors (Lipinski definition) is 5. The van der Waals surface area contributed by atoms with Crippen molar-refractivity contribution in [2.24, 2.45) is 0 Å². The number of thiophene rings is 1. The highest BCUT2D eigenvalue weighted by molar-refractivity contribution is 7.08. The SMILES string of the molecule is CCOc1ccc(C=C(C#N)C(=O)c2ccsc2)cc1OC. The second-order valence-corrected chi connectivity index (χ2v) is 5.13. The molecule has 2 aromatic rings. The van der Waals surface area contributed by atoms with Crippen molar-refractivity contribution in [2.75, 3.05) is 13.7 Å². The molecule has 0 spiro atoms. The van der Waals surface area contributed by atoms with Crippen molar-refractivity contribution < 1.29 is 14.3 Å². The predicted molar refractivity (Wildman–Crippen MR) is 86.4 cm³/mol. The summed E-state index contributed by atoms with van der Waals surface area (Å²) < 4.78 is 10.7. The van der Waals surface area contributed by atoms with Gasteiger partial charge >= 0.3 is 0 Å². The predicted octanol–water partition coefficient (Wildman–Crippen LogP) is 3.95. The molecule has 1 heterocycles. The van der Waals surface area contributed by atoms with Gasteiger partial charge in [-0.3, -0.25) is 4.79 Å². The van der Waals surface area contributed by atoms with Gasteiger partial charge in [0, 0.05) is 10.9 Å². The summed E-state index contributed by atoms with van der Waals surface area (Å²) in [7, 11) is 1.55. The number of ether oxygens (including phenoxy) is 2. The topological polar surface area (TPSA) is 59.3 Å². The maximum absolute atomic E-state index is 12.2. The summed E-state index contributed by atoms with van der Waals surface area (Å²) in [6.07, 6.45) is 1.55. The van der Waals surface area contributed by atoms with Crippen LogP contribution in [0.3, 0.4) is 0 Å². The molecule has 112 valence electrons. The fourth-order valence-electron chi connectivity index (χ4n) is 1.91. The third-order valence-corrected chi connectivity index (χ3v) is 3.63. The van der Waals surface area contributed by atoms with Crippen molar-refractivity contribution in [1.82, 2.24) is 0 Å². The molecule has 0 aliphatic carbocycles. The molecule has 0 saturated carbocycles. The first-order valence-electron chi connectivity index (χ1n) is 6.69. The van der Waals surface area contributed by atoms with Gasteiger partial charge in [0.05, 0.1) is 13.7 Å². The van der Waals surface area contributed by atoms with Crippen LogP contribution in [0.25, 0.3) is 6.08 Å². The lowest BCUT2D eigenvalue weighted by molar-refractivity contribution is 0.104. The van der Waals surface area contributed by atoms with E-state index in [0.29, 0.717) is 29.2 Å². The summed E-state index contributed by atoms with van der Waals surface area (Å²) in [6.45, 7) is 2.42. The van der Waals surface area contributed by atoms with E-state index in [1.807, 2.05) is 18.4 Å². The minimum absolute atomic E-state index is 0.0876. The average molecular weight is 313 g/mol. The number of benzene rings is 1. The zero-order chi connectivity index (χ0) is 15.9. The van der Waals surface area contributed by atoms with Crippen molar-refractivity contribution >= 4 is 23.2 Å². The van der Waals surface area contributed by atoms with Gasteiger partial charge in [0.1, 0.15) is 11.6 Å². The van der Waals surface area contributed by atoms with Crippen molar-refractivity contribution in [3.63, 3.8) is 0 Å². The average Bonchev–Trinajstić information content (AvgIpc) is 3.07. The molecular formula is C17H15NO3S. The molecule has 0 fully saturated rings. The van der Waals surface area contributed by atoms with Crippen LogP contribution < -0.4 is 9.47 Å². The molecule has 0 aliphatic heterocycles. The van der Waals surface area contributed by atoms with Crippen molar-refractivity contribution in [3.05, 3.63) is 51.7 Å². The van der Waals surface area contributed by atoms with Gasteiger partial charge in [0.25, 0.3) is 0 Å². The summed E-state index contributed by atoms with van der Waals surface area (Å²) in [5.41, 5.74) is 1.32. The Morgan fingerprint density at radius 3 is 2.77 bits per heavy atom. The largest absolute Gasteiger partial charge is 0.493 e. The third-order valence-electron chi connectivity index (χ3n) is 2.95. The van der Waals surface area contributed by atoms with Crippen molar-refractivity contribution in [3.8, 4) is 17.6 Å². The van der Waals surface area contributed by atoms with E-state index in [4.69, 9.17) is 9.47 Å². The van der Waals surface area contributed by atoms with Crippen LogP contribution in [0.4, 0.5) is 0 Å². The molecule has 22 heavy (non-hydrogen) atoms. The van der Waals surface area contributed by atoms with Crippen LogP contribution >= 0.6 is 11.3 Å². The highest BCUT2D eigenvalue weighted by Gasteiger charge is 2.13. The zero-order valence-electron chi connectivity index (χ0n) is 12.3. The molecule has 0 atom stereocenters. The normalized spacial score (nSPS) is 10.9. The monoisotopic (exact) mass is 313 g/mol. The van der Waals surface area contributed by atoms with Gasteiger partial charge in [0.15, 0.2) is 11.5 Å². The van der Waals surface area contributed by atoms with Crippen LogP contribution in [0.15, 0.2) is 40.6 Å². The Hall–Kier alpha value is -2.58. The Labute approximate surface area is 133 Å². The number of Topliss-reactive ketones (excluding diaryl/α,β-unsaturated/α-hetero) is 1. The lowest BCUT2D eigenvalue weighted by Crippen LogP contribution is -2.00. The first kappa shape index (κ1) is 15.8. The number of methoxy groups -OCH3 is 1. The number of ketones is 1. The molecule has 0 aliphatic rings. The Morgan fingerprint density at radius 2 is 2.18 bits per heavy atom. The highest BCUT2D eigenvalue weighted by Crippen LogP contribution is 2.29. The summed E-state index contributed by atoms with van der Waals surface area (Å²) in [5.74, 6) is 0.914. The molecule has 0 radical (unpaired) electrons. The van der Waals surface area contributed by atoms with E-state index >= 15 is 0 Å². The molecule has 1 aromatic heterocycles. The molecule has 2 rings (SSSR count). The standard InChI is InChI=1S/C17H15NO3S/c1-3-21-15-5-4-12(9-16(15)20-2)8-14(10-18)17(19)13-6-7-22-11-13/h4-9,11H,3H2,1-2H3. The molecule has 0 amide bonds. The molecular weight excluding hydrogens is 298 g/mol. The maximum Gasteiger partial charge on any atom is 0.204 e. The van der Waals surface area contributed by atoms with Crippen molar-refractivity contribution in [2.45, 2.75) is 6.92 Å². The fourth-order valence-corrected chi connectivity index (χ4v) is 2.55. The first-order valence-corrected chi connectivity index (χ1v) is 7.63. The molecule has 0 N–H and O–H groups in total. The highest BCUT2D eigenvalue weighted by atomic mass is 32.1. The second kappa shape index (κ2) is 7.43. The summed E-state index contributed by atoms with van der Waals surface area (Å²) in [5, 5.41) is 12.8. The molecule has 1 aromatic carbocycles. The van der Waals surface area contributed by atoms with Gasteiger partial charge in [-0.2, -0.15) is 16.6 Å². The minimum atomic E-state index is -0.281. The Balaban J connectivity index is 2.34. The van der Waals surface area contributed by atoms with E-state index in [1.54, 1.807) is 42.8 Å². The van der Waals surface area contributed by atoms with E-state index in [9.17, 15) is 10.1 Å². The number of rotatable bonds is 6.